The number of halogens is 4. The maximum Gasteiger partial charge on any atom is 0.435 e. The Bertz CT molecular complexity index is 1550. The smallest absolute Gasteiger partial charge is 0.435 e. The Kier molecular flexibility index (Phi) is 8.43. The number of pyridine rings is 1. The molecule has 0 saturated heterocycles. The number of nitrogens with zero attached hydrogens (tertiary/aromatic N) is 3. The predicted molar refractivity (Wildman–Crippen MR) is 149 cm³/mol. The van der Waals surface area contributed by atoms with Crippen molar-refractivity contribution >= 4 is 46.3 Å². The summed E-state index contributed by atoms with van der Waals surface area (Å²) in [6, 6.07) is 11.9. The molecule has 212 valence electrons. The maximum absolute atomic E-state index is 13.0. The van der Waals surface area contributed by atoms with Gasteiger partial charge in [0, 0.05) is 34.2 Å². The van der Waals surface area contributed by atoms with Crippen LogP contribution in [0.25, 0.3) is 10.9 Å². The zero-order chi connectivity index (χ0) is 27.7. The van der Waals surface area contributed by atoms with Crippen LogP contribution in [0.4, 0.5) is 30.2 Å². The van der Waals surface area contributed by atoms with Crippen LogP contribution in [0, 0.1) is 6.92 Å². The van der Waals surface area contributed by atoms with Crippen LogP contribution in [0.1, 0.15) is 35.5 Å². The highest BCUT2D eigenvalue weighted by atomic mass is 35.5. The van der Waals surface area contributed by atoms with Gasteiger partial charge in [0.1, 0.15) is 6.54 Å². The number of ether oxygens (including phenoxy) is 2. The van der Waals surface area contributed by atoms with Crippen LogP contribution >= 0.6 is 12.4 Å². The molecule has 2 aromatic carbocycles. The highest BCUT2D eigenvalue weighted by Crippen LogP contribution is 2.38. The number of aromatic nitrogens is 3. The molecule has 0 saturated carbocycles. The summed E-state index contributed by atoms with van der Waals surface area (Å²) in [5.41, 5.74) is 4.36. The molecule has 1 aliphatic rings. The van der Waals surface area contributed by atoms with E-state index in [1.165, 1.54) is 6.92 Å². The maximum atomic E-state index is 13.0. The summed E-state index contributed by atoms with van der Waals surface area (Å²) in [6.07, 6.45) is -0.717. The van der Waals surface area contributed by atoms with Gasteiger partial charge in [0.05, 0.1) is 25.4 Å². The van der Waals surface area contributed by atoms with E-state index in [0.29, 0.717) is 17.2 Å². The van der Waals surface area contributed by atoms with Crippen molar-refractivity contribution in [2.75, 3.05) is 24.9 Å². The molecule has 2 heterocycles. The number of hydrogen-bond acceptors (Lipinski definition) is 6. The predicted octanol–water partition coefficient (Wildman–Crippen LogP) is 6.46. The highest BCUT2D eigenvalue weighted by Gasteiger charge is 2.34. The van der Waals surface area contributed by atoms with Gasteiger partial charge in [-0.3, -0.25) is 14.5 Å². The van der Waals surface area contributed by atoms with E-state index in [2.05, 4.69) is 15.7 Å². The second kappa shape index (κ2) is 11.6. The molecule has 0 unspecified atom stereocenters. The van der Waals surface area contributed by atoms with E-state index in [1.54, 1.807) is 20.3 Å². The number of alkyl halides is 3. The second-order valence-electron chi connectivity index (χ2n) is 9.42. The van der Waals surface area contributed by atoms with Gasteiger partial charge in [-0.15, -0.1) is 12.4 Å². The van der Waals surface area contributed by atoms with Crippen LogP contribution in [-0.2, 0) is 30.4 Å². The average molecular weight is 576 g/mol. The minimum absolute atomic E-state index is 0. The molecule has 0 bridgehead atoms. The van der Waals surface area contributed by atoms with E-state index in [-0.39, 0.29) is 24.6 Å². The van der Waals surface area contributed by atoms with Gasteiger partial charge in [-0.2, -0.15) is 18.3 Å². The lowest BCUT2D eigenvalue weighted by molar-refractivity contribution is -0.141. The number of rotatable bonds is 7. The van der Waals surface area contributed by atoms with Crippen molar-refractivity contribution in [1.82, 2.24) is 14.8 Å². The molecule has 8 nitrogen and oxygen atoms in total. The fraction of sp³-hybridized carbons (Fsp3) is 0.321. The number of carbonyl (C=O) groups is 1. The first-order chi connectivity index (χ1) is 18.7. The quantitative estimate of drug-likeness (QED) is 0.263. The van der Waals surface area contributed by atoms with Crippen LogP contribution in [-0.4, -0.2) is 34.9 Å². The van der Waals surface area contributed by atoms with Crippen molar-refractivity contribution in [1.29, 1.82) is 0 Å². The van der Waals surface area contributed by atoms with Crippen molar-refractivity contribution < 1.29 is 27.4 Å². The molecule has 2 aromatic heterocycles. The zero-order valence-electron chi connectivity index (χ0n) is 22.2. The van der Waals surface area contributed by atoms with E-state index < -0.39 is 17.8 Å². The Labute approximate surface area is 235 Å². The standard InChI is InChI=1S/C28H28F3N5O3.ClH/c1-16-12-25(28(29,30)31)35-36(16)15-26(37)32-17-8-10-22-20(13-17)27(19-6-4-5-7-21(19)34-22)33-18-9-11-23(38-2)24(14-18)39-3;/h8-14H,4-7,15H2,1-3H3,(H,32,37)(H,33,34);1H. The summed E-state index contributed by atoms with van der Waals surface area (Å²) in [4.78, 5) is 17.6. The Hall–Kier alpha value is -3.99. The van der Waals surface area contributed by atoms with Crippen molar-refractivity contribution in [2.45, 2.75) is 45.3 Å². The molecular formula is C28H29ClF3N5O3. The molecule has 2 N–H and O–H groups in total. The molecule has 0 radical (unpaired) electrons. The molecule has 1 aliphatic carbocycles. The van der Waals surface area contributed by atoms with Crippen LogP contribution < -0.4 is 20.1 Å². The summed E-state index contributed by atoms with van der Waals surface area (Å²) in [5.74, 6) is 0.712. The fourth-order valence-electron chi connectivity index (χ4n) is 4.85. The van der Waals surface area contributed by atoms with Crippen LogP contribution in [0.2, 0.25) is 0 Å². The SMILES string of the molecule is COc1ccc(Nc2c3c(nc4ccc(NC(=O)Cn5nc(C(F)(F)F)cc5C)cc24)CCCC3)cc1OC.Cl. The number of aryl methyl sites for hydroxylation is 2. The topological polar surface area (TPSA) is 90.3 Å². The van der Waals surface area contributed by atoms with E-state index in [0.717, 1.165) is 70.0 Å². The minimum atomic E-state index is -4.58. The summed E-state index contributed by atoms with van der Waals surface area (Å²) in [7, 11) is 3.16. The Morgan fingerprint density at radius 1 is 1.00 bits per heavy atom. The van der Waals surface area contributed by atoms with Gasteiger partial charge >= 0.3 is 6.18 Å². The molecule has 40 heavy (non-hydrogen) atoms. The van der Waals surface area contributed by atoms with E-state index in [1.807, 2.05) is 30.3 Å². The first-order valence-electron chi connectivity index (χ1n) is 12.5. The Morgan fingerprint density at radius 3 is 2.42 bits per heavy atom. The summed E-state index contributed by atoms with van der Waals surface area (Å²) < 4.78 is 50.9. The van der Waals surface area contributed by atoms with Crippen molar-refractivity contribution in [2.24, 2.45) is 0 Å². The van der Waals surface area contributed by atoms with Gasteiger partial charge in [0.25, 0.3) is 0 Å². The van der Waals surface area contributed by atoms with E-state index >= 15 is 0 Å². The molecule has 0 spiro atoms. The lowest BCUT2D eigenvalue weighted by Crippen LogP contribution is -2.21. The highest BCUT2D eigenvalue weighted by molar-refractivity contribution is 6.00. The summed E-state index contributed by atoms with van der Waals surface area (Å²) >= 11 is 0. The van der Waals surface area contributed by atoms with Crippen molar-refractivity contribution in [3.63, 3.8) is 0 Å². The van der Waals surface area contributed by atoms with Crippen LogP contribution in [0.3, 0.4) is 0 Å². The monoisotopic (exact) mass is 575 g/mol. The lowest BCUT2D eigenvalue weighted by Gasteiger charge is -2.22. The first kappa shape index (κ1) is 29.0. The number of benzene rings is 2. The number of hydrogen-bond donors (Lipinski definition) is 2. The fourth-order valence-corrected chi connectivity index (χ4v) is 4.85. The number of anilines is 3. The number of nitrogens with one attached hydrogen (secondary N) is 2. The number of carbonyl (C=O) groups excluding carboxylic acids is 1. The molecule has 12 heteroatoms. The number of amides is 1. The van der Waals surface area contributed by atoms with Crippen LogP contribution in [0.5, 0.6) is 11.5 Å². The Morgan fingerprint density at radius 2 is 1.73 bits per heavy atom. The first-order valence-corrected chi connectivity index (χ1v) is 12.5. The Balaban J connectivity index is 0.00000370. The summed E-state index contributed by atoms with van der Waals surface area (Å²) in [5, 5.41) is 10.7. The van der Waals surface area contributed by atoms with Crippen molar-refractivity contribution in [3.8, 4) is 11.5 Å². The van der Waals surface area contributed by atoms with E-state index in [4.69, 9.17) is 14.5 Å². The largest absolute Gasteiger partial charge is 0.493 e. The van der Waals surface area contributed by atoms with Crippen LogP contribution in [0.15, 0.2) is 42.5 Å². The van der Waals surface area contributed by atoms with Gasteiger partial charge in [-0.1, -0.05) is 0 Å². The van der Waals surface area contributed by atoms with Gasteiger partial charge in [-0.05, 0) is 74.6 Å². The third-order valence-corrected chi connectivity index (χ3v) is 6.76. The summed E-state index contributed by atoms with van der Waals surface area (Å²) in [6.45, 7) is 1.13. The van der Waals surface area contributed by atoms with Gasteiger partial charge in [0.15, 0.2) is 17.2 Å². The lowest BCUT2D eigenvalue weighted by atomic mass is 9.92. The molecular weight excluding hydrogens is 547 g/mol. The molecule has 0 atom stereocenters. The van der Waals surface area contributed by atoms with Crippen molar-refractivity contribution in [3.05, 3.63) is 65.1 Å². The normalized spacial score (nSPS) is 12.8. The number of methoxy groups -OCH3 is 2. The van der Waals surface area contributed by atoms with Gasteiger partial charge in [-0.25, -0.2) is 0 Å². The molecule has 4 aromatic rings. The number of fused-ring (bicyclic) bond motifs is 2. The second-order valence-corrected chi connectivity index (χ2v) is 9.42. The van der Waals surface area contributed by atoms with Gasteiger partial charge in [0.2, 0.25) is 5.91 Å². The molecule has 1 amide bonds. The van der Waals surface area contributed by atoms with E-state index in [9.17, 15) is 18.0 Å². The zero-order valence-corrected chi connectivity index (χ0v) is 23.0. The average Bonchev–Trinajstić information content (AvgIpc) is 3.29. The third-order valence-electron chi connectivity index (χ3n) is 6.76. The molecule has 0 aliphatic heterocycles. The third kappa shape index (κ3) is 5.94. The minimum Gasteiger partial charge on any atom is -0.493 e. The molecule has 0 fully saturated rings. The molecule has 5 rings (SSSR count). The van der Waals surface area contributed by atoms with Gasteiger partial charge < -0.3 is 20.1 Å².